The van der Waals surface area contributed by atoms with Gasteiger partial charge in [-0.3, -0.25) is 14.3 Å². The number of piperidine rings is 1. The Labute approximate surface area is 306 Å². The zero-order valence-electron chi connectivity index (χ0n) is 30.0. The lowest BCUT2D eigenvalue weighted by Gasteiger charge is -2.28. The van der Waals surface area contributed by atoms with Gasteiger partial charge in [-0.1, -0.05) is 30.0 Å². The van der Waals surface area contributed by atoms with Crippen LogP contribution in [0.2, 0.25) is 0 Å². The molecule has 0 bridgehead atoms. The van der Waals surface area contributed by atoms with Crippen molar-refractivity contribution < 1.29 is 23.0 Å². The first-order chi connectivity index (χ1) is 25.7. The number of anilines is 1. The van der Waals surface area contributed by atoms with Crippen LogP contribution in [0.3, 0.4) is 0 Å². The van der Waals surface area contributed by atoms with Gasteiger partial charge in [-0.2, -0.15) is 0 Å². The smallest absolute Gasteiger partial charge is 0.278 e. The third-order valence-corrected chi connectivity index (χ3v) is 9.92. The summed E-state index contributed by atoms with van der Waals surface area (Å²) in [6.07, 6.45) is 4.49. The van der Waals surface area contributed by atoms with E-state index in [9.17, 15) is 18.4 Å². The minimum atomic E-state index is -0.994. The Balaban J connectivity index is 1.07. The van der Waals surface area contributed by atoms with Gasteiger partial charge >= 0.3 is 0 Å². The minimum Gasteiger partial charge on any atom is -0.488 e. The Morgan fingerprint density at radius 3 is 2.53 bits per heavy atom. The minimum absolute atomic E-state index is 0.00213. The fourth-order valence-corrected chi connectivity index (χ4v) is 6.86. The Hall–Kier alpha value is -5.38. The third-order valence-electron chi connectivity index (χ3n) is 9.92. The largest absolute Gasteiger partial charge is 0.488 e. The molecule has 0 aliphatic carbocycles. The van der Waals surface area contributed by atoms with Crippen molar-refractivity contribution in [1.29, 1.82) is 0 Å². The van der Waals surface area contributed by atoms with Gasteiger partial charge in [-0.05, 0) is 80.4 Å². The van der Waals surface area contributed by atoms with E-state index in [4.69, 9.17) is 19.4 Å². The van der Waals surface area contributed by atoms with Crippen LogP contribution in [0.4, 0.5) is 14.5 Å². The zero-order chi connectivity index (χ0) is 36.9. The quantitative estimate of drug-likeness (QED) is 0.153. The first kappa shape index (κ1) is 36.0. The number of nitrogens with zero attached hydrogens (tertiary/aromatic N) is 5. The van der Waals surface area contributed by atoms with Gasteiger partial charge in [0.2, 0.25) is 0 Å². The molecule has 2 saturated heterocycles. The summed E-state index contributed by atoms with van der Waals surface area (Å²) >= 11 is 0. The van der Waals surface area contributed by atoms with Crippen LogP contribution in [0.1, 0.15) is 64.2 Å². The molecule has 2 fully saturated rings. The molecule has 2 aliphatic heterocycles. The molecule has 274 valence electrons. The summed E-state index contributed by atoms with van der Waals surface area (Å²) in [4.78, 5) is 38.5. The molecule has 2 aliphatic rings. The molecule has 0 amide bonds. The number of benzene rings is 3. The molecule has 53 heavy (non-hydrogen) atoms. The van der Waals surface area contributed by atoms with Gasteiger partial charge in [0.15, 0.2) is 17.4 Å². The summed E-state index contributed by atoms with van der Waals surface area (Å²) < 4.78 is 42.2. The maximum Gasteiger partial charge on any atom is 0.278 e. The number of hydrogen-bond acceptors (Lipinski definition) is 8. The van der Waals surface area contributed by atoms with Gasteiger partial charge in [-0.15, -0.1) is 0 Å². The number of fused-ring (bicyclic) bond motifs is 1. The highest BCUT2D eigenvalue weighted by Crippen LogP contribution is 2.29. The molecule has 3 aromatic carbocycles. The summed E-state index contributed by atoms with van der Waals surface area (Å²) in [7, 11) is 1.66. The average molecular weight is 721 g/mol. The van der Waals surface area contributed by atoms with Gasteiger partial charge in [0.25, 0.3) is 5.56 Å². The van der Waals surface area contributed by atoms with Crippen LogP contribution in [-0.2, 0) is 24.8 Å². The van der Waals surface area contributed by atoms with E-state index in [2.05, 4.69) is 46.3 Å². The maximum absolute atomic E-state index is 13.8. The highest BCUT2D eigenvalue weighted by Gasteiger charge is 2.22. The van der Waals surface area contributed by atoms with E-state index in [-0.39, 0.29) is 36.8 Å². The van der Waals surface area contributed by atoms with Crippen molar-refractivity contribution in [2.24, 2.45) is 7.05 Å². The number of carbonyl (C=O) groups is 1. The average Bonchev–Trinajstić information content (AvgIpc) is 3.38. The fraction of sp³-hybridized carbons (Fsp3) is 0.366. The molecule has 2 aromatic heterocycles. The van der Waals surface area contributed by atoms with E-state index in [0.717, 1.165) is 80.8 Å². The summed E-state index contributed by atoms with van der Waals surface area (Å²) in [5, 5.41) is 4.19. The van der Waals surface area contributed by atoms with Crippen LogP contribution in [0.5, 0.6) is 5.75 Å². The van der Waals surface area contributed by atoms with E-state index in [1.165, 1.54) is 16.4 Å². The number of ketones is 1. The fourth-order valence-electron chi connectivity index (χ4n) is 6.86. The number of carbonyl (C=O) groups excluding carboxylic acids is 1. The summed E-state index contributed by atoms with van der Waals surface area (Å²) in [6.45, 7) is 6.71. The number of rotatable bonds is 10. The molecule has 0 saturated carbocycles. The van der Waals surface area contributed by atoms with Gasteiger partial charge in [0.05, 0.1) is 19.8 Å². The lowest BCUT2D eigenvalue weighted by Crippen LogP contribution is -2.36. The van der Waals surface area contributed by atoms with E-state index < -0.39 is 17.2 Å². The SMILES string of the molecule is Cc1c(C(=O)CCC#Cc2cc(OC3CCNCC3)c3nc(Cc4ccc(N5CCOCC5)cc4)ncc3c2)c(=O)n(Cc2ccc(F)c(F)c2)n1C. The van der Waals surface area contributed by atoms with Gasteiger partial charge < -0.3 is 19.7 Å². The van der Waals surface area contributed by atoms with Crippen molar-refractivity contribution in [3.05, 3.63) is 117 Å². The Bertz CT molecular complexity index is 2240. The second-order valence-electron chi connectivity index (χ2n) is 13.5. The monoisotopic (exact) mass is 720 g/mol. The number of halogens is 2. The van der Waals surface area contributed by atoms with Crippen molar-refractivity contribution >= 4 is 22.4 Å². The molecule has 10 nitrogen and oxygen atoms in total. The van der Waals surface area contributed by atoms with Crippen molar-refractivity contribution in [2.45, 2.75) is 51.7 Å². The zero-order valence-corrected chi connectivity index (χ0v) is 30.0. The van der Waals surface area contributed by atoms with E-state index in [1.54, 1.807) is 18.7 Å². The number of aromatic nitrogens is 4. The predicted octanol–water partition coefficient (Wildman–Crippen LogP) is 5.34. The second kappa shape index (κ2) is 16.1. The molecule has 0 atom stereocenters. The van der Waals surface area contributed by atoms with Crippen molar-refractivity contribution in [3.8, 4) is 17.6 Å². The van der Waals surface area contributed by atoms with Gasteiger partial charge in [-0.25, -0.2) is 23.4 Å². The second-order valence-corrected chi connectivity index (χ2v) is 13.5. The van der Waals surface area contributed by atoms with Crippen LogP contribution in [0, 0.1) is 30.4 Å². The molecule has 5 aromatic rings. The Morgan fingerprint density at radius 2 is 1.77 bits per heavy atom. The Kier molecular flexibility index (Phi) is 10.9. The topological polar surface area (TPSA) is 104 Å². The van der Waals surface area contributed by atoms with Gasteiger partial charge in [0.1, 0.15) is 28.8 Å². The lowest BCUT2D eigenvalue weighted by atomic mass is 10.1. The number of Topliss-reactive ketones (excluding diaryl/α,β-unsaturated/α-hetero) is 1. The predicted molar refractivity (Wildman–Crippen MR) is 199 cm³/mol. The van der Waals surface area contributed by atoms with E-state index in [0.29, 0.717) is 34.8 Å². The van der Waals surface area contributed by atoms with Crippen LogP contribution in [0.15, 0.2) is 65.6 Å². The van der Waals surface area contributed by atoms with Crippen LogP contribution < -0.4 is 20.5 Å². The number of nitrogens with one attached hydrogen (secondary N) is 1. The molecule has 0 spiro atoms. The van der Waals surface area contributed by atoms with Crippen molar-refractivity contribution in [3.63, 3.8) is 0 Å². The molecule has 12 heteroatoms. The molecular formula is C41H42F2N6O4. The standard InChI is InChI=1S/C41H42F2N6O4/c1-27-39(41(51)49(47(27)2)26-30-9-12-34(42)35(43)22-30)36(50)6-4-3-5-29-21-31-25-45-38(46-40(31)37(23-29)53-33-13-15-44-16-14-33)24-28-7-10-32(11-8-28)48-17-19-52-20-18-48/h7-12,21-23,25,33,44H,4,6,13-20,24,26H2,1-2H3. The number of hydrogen-bond donors (Lipinski definition) is 1. The van der Waals surface area contributed by atoms with Crippen LogP contribution in [0.25, 0.3) is 10.9 Å². The molecule has 4 heterocycles. The van der Waals surface area contributed by atoms with Gasteiger partial charge in [0, 0.05) is 67.9 Å². The highest BCUT2D eigenvalue weighted by molar-refractivity contribution is 5.97. The third kappa shape index (κ3) is 8.32. The van der Waals surface area contributed by atoms with Crippen LogP contribution >= 0.6 is 0 Å². The number of morpholine rings is 1. The Morgan fingerprint density at radius 1 is 1.02 bits per heavy atom. The van der Waals surface area contributed by atoms with E-state index in [1.807, 2.05) is 18.3 Å². The van der Waals surface area contributed by atoms with Crippen molar-refractivity contribution in [2.75, 3.05) is 44.3 Å². The first-order valence-electron chi connectivity index (χ1n) is 18.0. The molecule has 7 rings (SSSR count). The number of ether oxygens (including phenoxy) is 2. The molecule has 0 radical (unpaired) electrons. The van der Waals surface area contributed by atoms with Crippen LogP contribution in [-0.4, -0.2) is 70.6 Å². The van der Waals surface area contributed by atoms with Crippen molar-refractivity contribution in [1.82, 2.24) is 24.6 Å². The summed E-state index contributed by atoms with van der Waals surface area (Å²) in [5.74, 6) is 5.35. The molecular weight excluding hydrogens is 678 g/mol. The summed E-state index contributed by atoms with van der Waals surface area (Å²) in [5.41, 5.74) is 4.25. The maximum atomic E-state index is 13.8. The normalized spacial score (nSPS) is 15.0. The highest BCUT2D eigenvalue weighted by atomic mass is 19.2. The lowest BCUT2D eigenvalue weighted by molar-refractivity contribution is 0.0982. The van der Waals surface area contributed by atoms with E-state index >= 15 is 0 Å². The summed E-state index contributed by atoms with van der Waals surface area (Å²) in [6, 6.07) is 15.9. The molecule has 0 unspecified atom stereocenters. The first-order valence-corrected chi connectivity index (χ1v) is 18.0. The molecule has 1 N–H and O–H groups in total.